The fraction of sp³-hybridized carbons (Fsp3) is 0.577. The smallest absolute Gasteiger partial charge is 0.274 e. The van der Waals surface area contributed by atoms with Crippen LogP contribution in [0.15, 0.2) is 6.07 Å². The molecule has 190 valence electrons. The van der Waals surface area contributed by atoms with Gasteiger partial charge < -0.3 is 43.4 Å². The maximum Gasteiger partial charge on any atom is 0.274 e. The molecule has 0 radical (unpaired) electrons. The Kier molecular flexibility index (Phi) is 4.01. The van der Waals surface area contributed by atoms with Gasteiger partial charge in [-0.05, 0) is 37.8 Å². The van der Waals surface area contributed by atoms with Gasteiger partial charge in [-0.15, -0.1) is 0 Å². The lowest BCUT2D eigenvalue weighted by Gasteiger charge is -2.48. The van der Waals surface area contributed by atoms with Crippen LogP contribution in [0.4, 0.5) is 0 Å². The molecule has 2 bridgehead atoms. The van der Waals surface area contributed by atoms with Crippen molar-refractivity contribution >= 4 is 16.6 Å². The number of rotatable bonds is 2. The standard InChI is InChI=1S/C26H26O10/c1-11-9-13-17(18(28)16-12(19(13)30-2)5-3-6-14(16)27)20-15(11)21-22-25(29,34-20)24(10-33-24)26(35-21,36-22)23-31-7-4-8-32-23/h9,21-23,28-29H,3-8,10H2,1-2H3/t21?,22?,24-,25+,26?/m0/s1. The highest BCUT2D eigenvalue weighted by atomic mass is 16.9. The topological polar surface area (TPSA) is 125 Å². The number of fused-ring (bicyclic) bond motifs is 8. The molecule has 10 nitrogen and oxygen atoms in total. The highest BCUT2D eigenvalue weighted by Gasteiger charge is 2.92. The van der Waals surface area contributed by atoms with Crippen molar-refractivity contribution in [2.45, 2.75) is 68.3 Å². The Bertz CT molecular complexity index is 1360. The average Bonchev–Trinajstić information content (AvgIpc) is 3.54. The van der Waals surface area contributed by atoms with Crippen LogP contribution < -0.4 is 9.47 Å². The van der Waals surface area contributed by atoms with Crippen LogP contribution in [0.1, 0.15) is 52.4 Å². The zero-order valence-corrected chi connectivity index (χ0v) is 19.9. The van der Waals surface area contributed by atoms with Crippen LogP contribution in [0.3, 0.4) is 0 Å². The number of phenolic OH excluding ortho intramolecular Hbond substituents is 1. The SMILES string of the molecule is COc1c2c(c(O)c3c4c(c(C)cc13)C1OC3(C5OCCCO5)OC1[C@@](O)(O4)[C@@]31CO1)C(=O)CCC2. The van der Waals surface area contributed by atoms with Gasteiger partial charge in [0.05, 0.1) is 37.9 Å². The summed E-state index contributed by atoms with van der Waals surface area (Å²) >= 11 is 0. The minimum absolute atomic E-state index is 0.123. The molecule has 0 aromatic heterocycles. The van der Waals surface area contributed by atoms with Crippen LogP contribution in [0, 0.1) is 6.92 Å². The lowest BCUT2D eigenvalue weighted by Crippen LogP contribution is -2.69. The van der Waals surface area contributed by atoms with E-state index in [9.17, 15) is 15.0 Å². The first-order valence-electron chi connectivity index (χ1n) is 12.4. The summed E-state index contributed by atoms with van der Waals surface area (Å²) in [7, 11) is 1.55. The van der Waals surface area contributed by atoms with Crippen LogP contribution in [-0.4, -0.2) is 72.5 Å². The summed E-state index contributed by atoms with van der Waals surface area (Å²) in [4.78, 5) is 12.9. The normalized spacial score (nSPS) is 38.2. The molecule has 2 aromatic carbocycles. The van der Waals surface area contributed by atoms with E-state index in [1.54, 1.807) is 7.11 Å². The second-order valence-corrected chi connectivity index (χ2v) is 10.5. The van der Waals surface area contributed by atoms with Crippen molar-refractivity contribution in [1.29, 1.82) is 0 Å². The molecule has 2 N–H and O–H groups in total. The minimum atomic E-state index is -1.92. The fourth-order valence-electron chi connectivity index (χ4n) is 7.02. The van der Waals surface area contributed by atoms with Gasteiger partial charge in [0.1, 0.15) is 23.4 Å². The summed E-state index contributed by atoms with van der Waals surface area (Å²) in [5.74, 6) is -2.96. The summed E-state index contributed by atoms with van der Waals surface area (Å²) in [6.45, 7) is 2.97. The van der Waals surface area contributed by atoms with E-state index in [0.29, 0.717) is 60.1 Å². The minimum Gasteiger partial charge on any atom is -0.506 e. The van der Waals surface area contributed by atoms with Gasteiger partial charge in [-0.1, -0.05) is 0 Å². The van der Waals surface area contributed by atoms with E-state index in [1.807, 2.05) is 13.0 Å². The van der Waals surface area contributed by atoms with E-state index in [2.05, 4.69) is 0 Å². The molecule has 6 aliphatic rings. The monoisotopic (exact) mass is 498 g/mol. The molecule has 36 heavy (non-hydrogen) atoms. The van der Waals surface area contributed by atoms with Crippen molar-refractivity contribution in [1.82, 2.24) is 0 Å². The summed E-state index contributed by atoms with van der Waals surface area (Å²) in [5.41, 5.74) is 1.03. The largest absolute Gasteiger partial charge is 0.506 e. The second kappa shape index (κ2) is 6.69. The van der Waals surface area contributed by atoms with E-state index in [1.165, 1.54) is 0 Å². The number of benzene rings is 2. The van der Waals surface area contributed by atoms with E-state index in [0.717, 1.165) is 12.0 Å². The Morgan fingerprint density at radius 2 is 1.92 bits per heavy atom. The number of Topliss-reactive ketones (excluding diaryl/α,β-unsaturated/α-hetero) is 1. The zero-order chi connectivity index (χ0) is 24.6. The Morgan fingerprint density at radius 3 is 2.64 bits per heavy atom. The van der Waals surface area contributed by atoms with Crippen LogP contribution >= 0.6 is 0 Å². The molecule has 4 saturated heterocycles. The maximum atomic E-state index is 12.9. The number of epoxide rings is 1. The summed E-state index contributed by atoms with van der Waals surface area (Å²) in [6, 6.07) is 1.90. The highest BCUT2D eigenvalue weighted by molar-refractivity contribution is 6.11. The predicted octanol–water partition coefficient (Wildman–Crippen LogP) is 2.16. The summed E-state index contributed by atoms with van der Waals surface area (Å²) in [6.07, 6.45) is -0.125. The van der Waals surface area contributed by atoms with Crippen molar-refractivity contribution in [3.8, 4) is 17.2 Å². The predicted molar refractivity (Wildman–Crippen MR) is 120 cm³/mol. The van der Waals surface area contributed by atoms with Gasteiger partial charge in [-0.3, -0.25) is 4.79 Å². The lowest BCUT2D eigenvalue weighted by molar-refractivity contribution is -0.363. The Hall–Kier alpha value is -2.47. The summed E-state index contributed by atoms with van der Waals surface area (Å²) < 4.78 is 42.7. The number of hydrogen-bond acceptors (Lipinski definition) is 10. The van der Waals surface area contributed by atoms with E-state index in [-0.39, 0.29) is 29.5 Å². The van der Waals surface area contributed by atoms with Gasteiger partial charge in [0.2, 0.25) is 11.9 Å². The first-order valence-corrected chi connectivity index (χ1v) is 12.4. The molecule has 0 saturated carbocycles. The molecule has 3 unspecified atom stereocenters. The third-order valence-corrected chi connectivity index (χ3v) is 8.65. The first kappa shape index (κ1) is 21.6. The molecule has 1 aliphatic carbocycles. The van der Waals surface area contributed by atoms with Gasteiger partial charge >= 0.3 is 0 Å². The van der Waals surface area contributed by atoms with Crippen LogP contribution in [0.25, 0.3) is 10.8 Å². The van der Waals surface area contributed by atoms with Crippen molar-refractivity contribution < 1.29 is 48.2 Å². The van der Waals surface area contributed by atoms with Crippen molar-refractivity contribution in [2.75, 3.05) is 26.9 Å². The Morgan fingerprint density at radius 1 is 1.14 bits per heavy atom. The molecule has 10 heteroatoms. The molecule has 5 atom stereocenters. The molecular weight excluding hydrogens is 472 g/mol. The maximum absolute atomic E-state index is 12.9. The third-order valence-electron chi connectivity index (χ3n) is 8.65. The van der Waals surface area contributed by atoms with Crippen LogP contribution in [-0.2, 0) is 30.1 Å². The number of aliphatic hydroxyl groups is 1. The number of phenols is 1. The molecular formula is C26H26O10. The van der Waals surface area contributed by atoms with Crippen molar-refractivity contribution in [2.24, 2.45) is 0 Å². The molecule has 8 rings (SSSR count). The summed E-state index contributed by atoms with van der Waals surface area (Å²) in [5, 5.41) is 24.4. The highest BCUT2D eigenvalue weighted by Crippen LogP contribution is 2.71. The van der Waals surface area contributed by atoms with E-state index >= 15 is 0 Å². The number of carbonyl (C=O) groups excluding carboxylic acids is 1. The quantitative estimate of drug-likeness (QED) is 0.595. The second-order valence-electron chi connectivity index (χ2n) is 10.5. The molecule has 5 aliphatic heterocycles. The lowest BCUT2D eigenvalue weighted by atomic mass is 9.78. The number of ketones is 1. The zero-order valence-electron chi connectivity index (χ0n) is 19.9. The number of hydrogen-bond donors (Lipinski definition) is 2. The van der Waals surface area contributed by atoms with E-state index in [4.69, 9.17) is 33.2 Å². The van der Waals surface area contributed by atoms with E-state index < -0.39 is 35.7 Å². The Balaban J connectivity index is 1.39. The van der Waals surface area contributed by atoms with Gasteiger partial charge in [0.15, 0.2) is 11.9 Å². The van der Waals surface area contributed by atoms with Gasteiger partial charge in [0, 0.05) is 22.9 Å². The average molecular weight is 498 g/mol. The molecule has 2 aromatic rings. The number of methoxy groups -OCH3 is 1. The van der Waals surface area contributed by atoms with Gasteiger partial charge in [-0.2, -0.15) is 0 Å². The number of ether oxygens (including phenoxy) is 7. The Labute approximate surface area is 205 Å². The number of aromatic hydroxyl groups is 1. The first-order chi connectivity index (χ1) is 17.4. The fourth-order valence-corrected chi connectivity index (χ4v) is 7.02. The number of carbonyl (C=O) groups is 1. The van der Waals surface area contributed by atoms with Crippen LogP contribution in [0.5, 0.6) is 17.2 Å². The van der Waals surface area contributed by atoms with Gasteiger partial charge in [0.25, 0.3) is 11.6 Å². The number of aryl methyl sites for hydroxylation is 1. The van der Waals surface area contributed by atoms with Crippen LogP contribution in [0.2, 0.25) is 0 Å². The van der Waals surface area contributed by atoms with Crippen molar-refractivity contribution in [3.05, 3.63) is 28.3 Å². The van der Waals surface area contributed by atoms with Crippen molar-refractivity contribution in [3.63, 3.8) is 0 Å². The van der Waals surface area contributed by atoms with Gasteiger partial charge in [-0.25, -0.2) is 0 Å². The molecule has 5 heterocycles. The molecule has 4 fully saturated rings. The third kappa shape index (κ3) is 2.20. The molecule has 0 amide bonds. The molecule has 1 spiro atoms.